The summed E-state index contributed by atoms with van der Waals surface area (Å²) in [4.78, 5) is 12.5. The van der Waals surface area contributed by atoms with Crippen molar-refractivity contribution in [3.63, 3.8) is 0 Å². The Morgan fingerprint density at radius 1 is 1.10 bits per heavy atom. The Balaban J connectivity index is 1.62. The SMILES string of the molecule is COc1ccc2c(c1)c(OCC(=O)c1ccc(Cl)cc1)nn2Cc1cccc(N)c1. The molecule has 0 aliphatic carbocycles. The molecule has 0 spiro atoms. The van der Waals surface area contributed by atoms with Crippen LogP contribution >= 0.6 is 11.6 Å². The molecule has 0 radical (unpaired) electrons. The fourth-order valence-electron chi connectivity index (χ4n) is 3.20. The van der Waals surface area contributed by atoms with Crippen molar-refractivity contribution >= 4 is 34.0 Å². The number of Topliss-reactive ketones (excluding diaryl/α,β-unsaturated/α-hetero) is 1. The molecule has 0 amide bonds. The fraction of sp³-hybridized carbons (Fsp3) is 0.130. The van der Waals surface area contributed by atoms with Crippen molar-refractivity contribution < 1.29 is 14.3 Å². The highest BCUT2D eigenvalue weighted by atomic mass is 35.5. The lowest BCUT2D eigenvalue weighted by molar-refractivity contribution is 0.0918. The van der Waals surface area contributed by atoms with Crippen molar-refractivity contribution in [3.05, 3.63) is 82.9 Å². The van der Waals surface area contributed by atoms with Crippen molar-refractivity contribution in [2.24, 2.45) is 0 Å². The predicted octanol–water partition coefficient (Wildman–Crippen LogP) is 4.59. The first-order valence-electron chi connectivity index (χ1n) is 9.34. The molecule has 4 rings (SSSR count). The molecule has 30 heavy (non-hydrogen) atoms. The van der Waals surface area contributed by atoms with E-state index in [0.29, 0.717) is 34.4 Å². The van der Waals surface area contributed by atoms with Gasteiger partial charge in [-0.15, -0.1) is 5.10 Å². The molecule has 2 N–H and O–H groups in total. The lowest BCUT2D eigenvalue weighted by Crippen LogP contribution is -2.12. The van der Waals surface area contributed by atoms with Gasteiger partial charge in [0.05, 0.1) is 24.6 Å². The van der Waals surface area contributed by atoms with E-state index in [1.807, 2.05) is 47.1 Å². The van der Waals surface area contributed by atoms with Crippen molar-refractivity contribution in [3.8, 4) is 11.6 Å². The van der Waals surface area contributed by atoms with Crippen molar-refractivity contribution in [2.45, 2.75) is 6.54 Å². The van der Waals surface area contributed by atoms with Crippen LogP contribution in [0.2, 0.25) is 5.02 Å². The zero-order valence-corrected chi connectivity index (χ0v) is 17.1. The second-order valence-electron chi connectivity index (χ2n) is 6.81. The minimum atomic E-state index is -0.159. The van der Waals surface area contributed by atoms with Gasteiger partial charge in [0.2, 0.25) is 5.88 Å². The molecule has 1 heterocycles. The second-order valence-corrected chi connectivity index (χ2v) is 7.25. The molecule has 7 heteroatoms. The molecule has 0 saturated carbocycles. The van der Waals surface area contributed by atoms with Crippen LogP contribution in [0.1, 0.15) is 15.9 Å². The third-order valence-electron chi connectivity index (χ3n) is 4.71. The number of ketones is 1. The maximum absolute atomic E-state index is 12.5. The number of aromatic nitrogens is 2. The summed E-state index contributed by atoms with van der Waals surface area (Å²) in [5, 5.41) is 5.93. The van der Waals surface area contributed by atoms with Gasteiger partial charge in [0.1, 0.15) is 5.75 Å². The number of ether oxygens (including phenoxy) is 2. The van der Waals surface area contributed by atoms with Crippen LogP contribution in [0.15, 0.2) is 66.7 Å². The highest BCUT2D eigenvalue weighted by molar-refractivity contribution is 6.30. The Labute approximate surface area is 178 Å². The Morgan fingerprint density at radius 3 is 2.63 bits per heavy atom. The molecular formula is C23H20ClN3O3. The third kappa shape index (κ3) is 4.23. The van der Waals surface area contributed by atoms with E-state index in [2.05, 4.69) is 5.10 Å². The number of hydrogen-bond donors (Lipinski definition) is 1. The van der Waals surface area contributed by atoms with E-state index in [1.165, 1.54) is 0 Å². The number of hydrogen-bond acceptors (Lipinski definition) is 5. The highest BCUT2D eigenvalue weighted by Gasteiger charge is 2.15. The van der Waals surface area contributed by atoms with E-state index in [1.54, 1.807) is 31.4 Å². The molecule has 3 aromatic carbocycles. The van der Waals surface area contributed by atoms with Gasteiger partial charge in [0.15, 0.2) is 12.4 Å². The summed E-state index contributed by atoms with van der Waals surface area (Å²) in [6.07, 6.45) is 0. The van der Waals surface area contributed by atoms with Crippen molar-refractivity contribution in [1.82, 2.24) is 9.78 Å². The van der Waals surface area contributed by atoms with E-state index in [4.69, 9.17) is 26.8 Å². The first-order valence-corrected chi connectivity index (χ1v) is 9.72. The van der Waals surface area contributed by atoms with Gasteiger partial charge in [-0.3, -0.25) is 9.48 Å². The number of carbonyl (C=O) groups excluding carboxylic acids is 1. The van der Waals surface area contributed by atoms with Crippen LogP contribution in [-0.4, -0.2) is 29.3 Å². The number of rotatable bonds is 7. The summed E-state index contributed by atoms with van der Waals surface area (Å²) in [5.41, 5.74) is 9.00. The smallest absolute Gasteiger partial charge is 0.241 e. The van der Waals surface area contributed by atoms with E-state index >= 15 is 0 Å². The largest absolute Gasteiger partial charge is 0.497 e. The van der Waals surface area contributed by atoms with Crippen LogP contribution in [0.4, 0.5) is 5.69 Å². The number of fused-ring (bicyclic) bond motifs is 1. The molecule has 1 aromatic heterocycles. The maximum atomic E-state index is 12.5. The third-order valence-corrected chi connectivity index (χ3v) is 4.97. The zero-order chi connectivity index (χ0) is 21.1. The summed E-state index contributed by atoms with van der Waals surface area (Å²) in [6, 6.07) is 20.0. The van der Waals surface area contributed by atoms with Gasteiger partial charge in [-0.1, -0.05) is 23.7 Å². The lowest BCUT2D eigenvalue weighted by atomic mass is 10.1. The number of nitrogens with two attached hydrogens (primary N) is 1. The van der Waals surface area contributed by atoms with Crippen LogP contribution < -0.4 is 15.2 Å². The Bertz CT molecular complexity index is 1200. The number of benzene rings is 3. The summed E-state index contributed by atoms with van der Waals surface area (Å²) in [7, 11) is 1.60. The van der Waals surface area contributed by atoms with Crippen LogP contribution in [0.25, 0.3) is 10.9 Å². The van der Waals surface area contributed by atoms with E-state index in [-0.39, 0.29) is 12.4 Å². The molecule has 0 aliphatic rings. The number of nitrogen functional groups attached to an aromatic ring is 1. The second kappa shape index (κ2) is 8.47. The average molecular weight is 422 g/mol. The normalized spacial score (nSPS) is 10.9. The molecule has 4 aromatic rings. The average Bonchev–Trinajstić information content (AvgIpc) is 3.09. The molecule has 0 fully saturated rings. The van der Waals surface area contributed by atoms with Gasteiger partial charge >= 0.3 is 0 Å². The topological polar surface area (TPSA) is 79.4 Å². The van der Waals surface area contributed by atoms with Gasteiger partial charge < -0.3 is 15.2 Å². The molecular weight excluding hydrogens is 402 g/mol. The quantitative estimate of drug-likeness (QED) is 0.348. The maximum Gasteiger partial charge on any atom is 0.241 e. The number of halogens is 1. The summed E-state index contributed by atoms with van der Waals surface area (Å²) in [5.74, 6) is 0.892. The molecule has 152 valence electrons. The number of nitrogens with zero attached hydrogens (tertiary/aromatic N) is 2. The van der Waals surface area contributed by atoms with Gasteiger partial charge in [-0.05, 0) is 60.2 Å². The first kappa shape index (κ1) is 19.8. The van der Waals surface area contributed by atoms with Crippen molar-refractivity contribution in [2.75, 3.05) is 19.5 Å². The van der Waals surface area contributed by atoms with Gasteiger partial charge in [-0.25, -0.2) is 0 Å². The Kier molecular flexibility index (Phi) is 5.59. The summed E-state index contributed by atoms with van der Waals surface area (Å²) in [6.45, 7) is 0.381. The van der Waals surface area contributed by atoms with Gasteiger partial charge in [0, 0.05) is 16.3 Å². The highest BCUT2D eigenvalue weighted by Crippen LogP contribution is 2.29. The van der Waals surface area contributed by atoms with Crippen LogP contribution in [-0.2, 0) is 6.54 Å². The number of anilines is 1. The summed E-state index contributed by atoms with van der Waals surface area (Å²) >= 11 is 5.89. The Morgan fingerprint density at radius 2 is 1.90 bits per heavy atom. The minimum Gasteiger partial charge on any atom is -0.497 e. The predicted molar refractivity (Wildman–Crippen MR) is 118 cm³/mol. The van der Waals surface area contributed by atoms with Crippen LogP contribution in [0.3, 0.4) is 0 Å². The molecule has 0 atom stereocenters. The molecule has 0 aliphatic heterocycles. The van der Waals surface area contributed by atoms with E-state index in [9.17, 15) is 4.79 Å². The van der Waals surface area contributed by atoms with Crippen molar-refractivity contribution in [1.29, 1.82) is 0 Å². The van der Waals surface area contributed by atoms with Gasteiger partial charge in [0.25, 0.3) is 0 Å². The van der Waals surface area contributed by atoms with Crippen LogP contribution in [0.5, 0.6) is 11.6 Å². The number of methoxy groups -OCH3 is 1. The van der Waals surface area contributed by atoms with Crippen LogP contribution in [0, 0.1) is 0 Å². The zero-order valence-electron chi connectivity index (χ0n) is 16.3. The first-order chi connectivity index (χ1) is 14.5. The number of carbonyl (C=O) groups is 1. The fourth-order valence-corrected chi connectivity index (χ4v) is 3.33. The minimum absolute atomic E-state index is 0.136. The van der Waals surface area contributed by atoms with E-state index < -0.39 is 0 Å². The molecule has 6 nitrogen and oxygen atoms in total. The van der Waals surface area contributed by atoms with E-state index in [0.717, 1.165) is 16.5 Å². The lowest BCUT2D eigenvalue weighted by Gasteiger charge is -2.05. The molecule has 0 unspecified atom stereocenters. The molecule has 0 saturated heterocycles. The Hall–Kier alpha value is -3.51. The monoisotopic (exact) mass is 421 g/mol. The van der Waals surface area contributed by atoms with Gasteiger partial charge in [-0.2, -0.15) is 0 Å². The molecule has 0 bridgehead atoms. The summed E-state index contributed by atoms with van der Waals surface area (Å²) < 4.78 is 13.0. The standard InChI is InChI=1S/C23H20ClN3O3/c1-29-19-9-10-21-20(12-19)23(26-27(21)13-15-3-2-4-18(25)11-15)30-14-22(28)16-5-7-17(24)8-6-16/h2-12H,13-14,25H2,1H3.